The first-order valence-electron chi connectivity index (χ1n) is 4.07. The van der Waals surface area contributed by atoms with Gasteiger partial charge in [-0.25, -0.2) is 4.39 Å². The van der Waals surface area contributed by atoms with Crippen molar-refractivity contribution in [3.05, 3.63) is 48.3 Å². The van der Waals surface area contributed by atoms with Gasteiger partial charge >= 0.3 is 0 Å². The van der Waals surface area contributed by atoms with Crippen molar-refractivity contribution in [2.75, 3.05) is 6.54 Å². The van der Waals surface area contributed by atoms with Crippen LogP contribution in [0.1, 0.15) is 5.56 Å². The zero-order valence-electron chi connectivity index (χ0n) is 7.24. The van der Waals surface area contributed by atoms with Crippen LogP contribution >= 0.6 is 0 Å². The Morgan fingerprint density at radius 1 is 1.31 bits per heavy atom. The Balaban J connectivity index is 2.13. The maximum Gasteiger partial charge on any atom is 0.0933 e. The molecule has 0 bridgehead atoms. The van der Waals surface area contributed by atoms with Crippen molar-refractivity contribution in [1.82, 2.24) is 5.48 Å². The fourth-order valence-electron chi connectivity index (χ4n) is 0.860. The molecule has 0 aliphatic rings. The van der Waals surface area contributed by atoms with E-state index in [0.29, 0.717) is 19.5 Å². The summed E-state index contributed by atoms with van der Waals surface area (Å²) in [7, 11) is 0. The molecule has 0 saturated carbocycles. The Hall–Kier alpha value is -1.19. The molecule has 0 heterocycles. The summed E-state index contributed by atoms with van der Waals surface area (Å²) in [4.78, 5) is 5.05. The fourth-order valence-corrected chi connectivity index (χ4v) is 0.860. The van der Waals surface area contributed by atoms with Crippen LogP contribution in [0.2, 0.25) is 0 Å². The molecule has 0 aliphatic carbocycles. The molecule has 0 aromatic heterocycles. The average Bonchev–Trinajstić information content (AvgIpc) is 2.19. The van der Waals surface area contributed by atoms with Gasteiger partial charge in [0.15, 0.2) is 0 Å². The van der Waals surface area contributed by atoms with E-state index in [2.05, 4.69) is 5.48 Å². The SMILES string of the molecule is FC=CCNOCc1ccccc1. The highest BCUT2D eigenvalue weighted by atomic mass is 19.1. The van der Waals surface area contributed by atoms with E-state index in [-0.39, 0.29) is 0 Å². The molecule has 0 fully saturated rings. The molecule has 0 spiro atoms. The zero-order chi connectivity index (χ0) is 9.36. The van der Waals surface area contributed by atoms with Gasteiger partial charge in [0.05, 0.1) is 12.9 Å². The monoisotopic (exact) mass is 181 g/mol. The van der Waals surface area contributed by atoms with Crippen LogP contribution in [-0.4, -0.2) is 6.54 Å². The van der Waals surface area contributed by atoms with Gasteiger partial charge < -0.3 is 0 Å². The first-order chi connectivity index (χ1) is 6.43. The van der Waals surface area contributed by atoms with Crippen molar-refractivity contribution in [3.63, 3.8) is 0 Å². The number of nitrogens with one attached hydrogen (secondary N) is 1. The lowest BCUT2D eigenvalue weighted by atomic mass is 10.2. The molecule has 1 N–H and O–H groups in total. The van der Waals surface area contributed by atoms with Gasteiger partial charge in [-0.15, -0.1) is 0 Å². The second kappa shape index (κ2) is 6.34. The van der Waals surface area contributed by atoms with Crippen LogP contribution in [0.3, 0.4) is 0 Å². The van der Waals surface area contributed by atoms with E-state index in [1.807, 2.05) is 30.3 Å². The number of halogens is 1. The van der Waals surface area contributed by atoms with Gasteiger partial charge in [-0.05, 0) is 11.6 Å². The van der Waals surface area contributed by atoms with E-state index in [9.17, 15) is 4.39 Å². The number of hydroxylamine groups is 1. The Labute approximate surface area is 77.0 Å². The fraction of sp³-hybridized carbons (Fsp3) is 0.200. The molecule has 1 rings (SSSR count). The third-order valence-electron chi connectivity index (χ3n) is 1.47. The largest absolute Gasteiger partial charge is 0.297 e. The highest BCUT2D eigenvalue weighted by Crippen LogP contribution is 1.98. The summed E-state index contributed by atoms with van der Waals surface area (Å²) >= 11 is 0. The molecule has 0 amide bonds. The highest BCUT2D eigenvalue weighted by molar-refractivity contribution is 5.13. The molecular formula is C10H12FNO. The van der Waals surface area contributed by atoms with Gasteiger partial charge in [0, 0.05) is 6.54 Å². The van der Waals surface area contributed by atoms with Gasteiger partial charge in [0.1, 0.15) is 0 Å². The minimum atomic E-state index is 0.378. The Kier molecular flexibility index (Phi) is 4.83. The average molecular weight is 181 g/mol. The van der Waals surface area contributed by atoms with Gasteiger partial charge in [-0.3, -0.25) is 4.84 Å². The molecule has 1 aromatic carbocycles. The lowest BCUT2D eigenvalue weighted by Crippen LogP contribution is -2.13. The van der Waals surface area contributed by atoms with Crippen molar-refractivity contribution in [2.45, 2.75) is 6.61 Å². The first kappa shape index (κ1) is 9.89. The predicted molar refractivity (Wildman–Crippen MR) is 49.5 cm³/mol. The normalized spacial score (nSPS) is 10.8. The maximum atomic E-state index is 11.5. The first-order valence-corrected chi connectivity index (χ1v) is 4.07. The molecule has 13 heavy (non-hydrogen) atoms. The van der Waals surface area contributed by atoms with Gasteiger partial charge in [-0.2, -0.15) is 5.48 Å². The van der Waals surface area contributed by atoms with E-state index in [0.717, 1.165) is 5.56 Å². The number of rotatable bonds is 5. The Morgan fingerprint density at radius 2 is 2.08 bits per heavy atom. The highest BCUT2D eigenvalue weighted by Gasteiger charge is 1.89. The van der Waals surface area contributed by atoms with Gasteiger partial charge in [0.2, 0.25) is 0 Å². The second-order valence-electron chi connectivity index (χ2n) is 2.48. The van der Waals surface area contributed by atoms with Crippen molar-refractivity contribution < 1.29 is 9.23 Å². The van der Waals surface area contributed by atoms with Crippen molar-refractivity contribution in [2.24, 2.45) is 0 Å². The van der Waals surface area contributed by atoms with E-state index in [1.54, 1.807) is 0 Å². The third kappa shape index (κ3) is 4.40. The Bertz CT molecular complexity index is 248. The molecule has 0 aliphatic heterocycles. The molecule has 0 atom stereocenters. The minimum absolute atomic E-state index is 0.378. The zero-order valence-corrected chi connectivity index (χ0v) is 7.24. The van der Waals surface area contributed by atoms with E-state index in [1.165, 1.54) is 6.08 Å². The standard InChI is InChI=1S/C10H12FNO/c11-7-4-8-12-13-9-10-5-2-1-3-6-10/h1-7,12H,8-9H2. The van der Waals surface area contributed by atoms with Crippen LogP contribution in [0.25, 0.3) is 0 Å². The van der Waals surface area contributed by atoms with Crippen LogP contribution < -0.4 is 5.48 Å². The summed E-state index contributed by atoms with van der Waals surface area (Å²) < 4.78 is 11.5. The quantitative estimate of drug-likeness (QED) is 0.555. The molecule has 2 nitrogen and oxygen atoms in total. The molecule has 70 valence electrons. The summed E-state index contributed by atoms with van der Waals surface area (Å²) in [5, 5.41) is 0. The van der Waals surface area contributed by atoms with E-state index in [4.69, 9.17) is 4.84 Å². The molecule has 0 saturated heterocycles. The second-order valence-corrected chi connectivity index (χ2v) is 2.48. The molecule has 0 unspecified atom stereocenters. The van der Waals surface area contributed by atoms with Crippen LogP contribution in [0, 0.1) is 0 Å². The molecule has 0 radical (unpaired) electrons. The molecule has 1 aromatic rings. The van der Waals surface area contributed by atoms with Crippen LogP contribution in [0.5, 0.6) is 0 Å². The number of hydrogen-bond donors (Lipinski definition) is 1. The van der Waals surface area contributed by atoms with Crippen molar-refractivity contribution in [1.29, 1.82) is 0 Å². The number of hydrogen-bond acceptors (Lipinski definition) is 2. The van der Waals surface area contributed by atoms with E-state index >= 15 is 0 Å². The van der Waals surface area contributed by atoms with Crippen LogP contribution in [0.4, 0.5) is 4.39 Å². The summed E-state index contributed by atoms with van der Waals surface area (Å²) in [6.07, 6.45) is 1.82. The smallest absolute Gasteiger partial charge is 0.0933 e. The Morgan fingerprint density at radius 3 is 2.77 bits per heavy atom. The molecule has 3 heteroatoms. The summed E-state index contributed by atoms with van der Waals surface area (Å²) in [6, 6.07) is 9.77. The summed E-state index contributed by atoms with van der Waals surface area (Å²) in [6.45, 7) is 0.865. The van der Waals surface area contributed by atoms with Gasteiger partial charge in [0.25, 0.3) is 0 Å². The lowest BCUT2D eigenvalue weighted by Gasteiger charge is -2.02. The maximum absolute atomic E-state index is 11.5. The topological polar surface area (TPSA) is 21.3 Å². The van der Waals surface area contributed by atoms with Crippen molar-refractivity contribution >= 4 is 0 Å². The minimum Gasteiger partial charge on any atom is -0.297 e. The predicted octanol–water partition coefficient (Wildman–Crippen LogP) is 2.19. The van der Waals surface area contributed by atoms with Crippen LogP contribution in [0.15, 0.2) is 42.7 Å². The number of benzene rings is 1. The van der Waals surface area contributed by atoms with E-state index < -0.39 is 0 Å². The van der Waals surface area contributed by atoms with Gasteiger partial charge in [-0.1, -0.05) is 30.3 Å². The van der Waals surface area contributed by atoms with Crippen LogP contribution in [-0.2, 0) is 11.4 Å². The summed E-state index contributed by atoms with van der Waals surface area (Å²) in [5.74, 6) is 0. The lowest BCUT2D eigenvalue weighted by molar-refractivity contribution is 0.0350. The van der Waals surface area contributed by atoms with Crippen molar-refractivity contribution in [3.8, 4) is 0 Å². The molecular weight excluding hydrogens is 169 g/mol. The summed E-state index contributed by atoms with van der Waals surface area (Å²) in [5.41, 5.74) is 3.69. The third-order valence-corrected chi connectivity index (χ3v) is 1.47.